The smallest absolute Gasteiger partial charge is 0.305 e. The largest absolute Gasteiger partial charge is 0.463 e. The Kier molecular flexibility index (Phi) is 30.4. The normalized spacial score (nSPS) is 11.7. The summed E-state index contributed by atoms with van der Waals surface area (Å²) in [6.45, 7) is 6.34. The summed E-state index contributed by atoms with van der Waals surface area (Å²) in [6, 6.07) is 7.99. The molecule has 0 N–H and O–H groups in total. The van der Waals surface area contributed by atoms with Crippen molar-refractivity contribution < 1.29 is 45.8 Å². The summed E-state index contributed by atoms with van der Waals surface area (Å²) in [4.78, 5) is 12.0. The lowest BCUT2D eigenvalue weighted by atomic mass is 10.0. The molecule has 0 saturated heterocycles. The van der Waals surface area contributed by atoms with E-state index < -0.39 is 10.1 Å². The molecule has 11 heteroatoms. The Balaban J connectivity index is 1.71. The molecule has 0 aliphatic heterocycles. The molecular weight excluding hydrogens is 624 g/mol. The summed E-state index contributed by atoms with van der Waals surface area (Å²) < 4.78 is 61.2. The molecule has 0 saturated carbocycles. The first kappa shape index (κ1) is 43.4. The molecule has 1 rings (SSSR count). The second-order valence-corrected chi connectivity index (χ2v) is 13.2. The highest BCUT2D eigenvalue weighted by Crippen LogP contribution is 2.14. The van der Waals surface area contributed by atoms with Crippen LogP contribution >= 0.6 is 0 Å². The van der Waals surface area contributed by atoms with Gasteiger partial charge in [-0.1, -0.05) is 115 Å². The monoisotopic (exact) mass is 688 g/mol. The molecule has 0 aliphatic carbocycles. The lowest BCUT2D eigenvalue weighted by Gasteiger charge is -2.09. The van der Waals surface area contributed by atoms with Crippen LogP contribution in [0, 0.1) is 0 Å². The van der Waals surface area contributed by atoms with Crippen LogP contribution in [-0.4, -0.2) is 93.7 Å². The van der Waals surface area contributed by atoms with E-state index in [1.807, 2.05) is 0 Å². The van der Waals surface area contributed by atoms with Crippen LogP contribution in [0.25, 0.3) is 0 Å². The summed E-state index contributed by atoms with van der Waals surface area (Å²) >= 11 is 0. The van der Waals surface area contributed by atoms with Crippen molar-refractivity contribution in [3.05, 3.63) is 30.3 Å². The Hall–Kier alpha value is -1.60. The zero-order chi connectivity index (χ0) is 33.9. The topological polar surface area (TPSA) is 116 Å². The van der Waals surface area contributed by atoms with Crippen LogP contribution in [0.5, 0.6) is 0 Å². The number of unbranched alkanes of at least 4 members (excludes halogenated alkanes) is 14. The molecule has 1 aromatic carbocycles. The first-order valence-corrected chi connectivity index (χ1v) is 19.5. The maximum absolute atomic E-state index is 12.0. The zero-order valence-corrected chi connectivity index (χ0v) is 30.0. The lowest BCUT2D eigenvalue weighted by Crippen LogP contribution is -2.15. The van der Waals surface area contributed by atoms with Gasteiger partial charge in [-0.25, -0.2) is 0 Å². The average molecular weight is 689 g/mol. The molecule has 0 radical (unpaired) electrons. The van der Waals surface area contributed by atoms with E-state index in [2.05, 4.69) is 6.92 Å². The van der Waals surface area contributed by atoms with E-state index in [-0.39, 0.29) is 30.7 Å². The molecule has 0 spiro atoms. The minimum Gasteiger partial charge on any atom is -0.463 e. The van der Waals surface area contributed by atoms with Gasteiger partial charge in [-0.3, -0.25) is 8.98 Å². The Morgan fingerprint density at radius 1 is 0.489 bits per heavy atom. The van der Waals surface area contributed by atoms with Gasteiger partial charge in [-0.05, 0) is 18.6 Å². The molecule has 1 aromatic rings. The Bertz CT molecular complexity index is 914. The fourth-order valence-corrected chi connectivity index (χ4v) is 5.68. The number of carbonyl (C=O) groups is 1. The second kappa shape index (κ2) is 32.9. The number of benzene rings is 1. The SMILES string of the molecule is CCCCCCCCCCCCCCCCCC(=O)OCCOCCOCCOCCOCCOCCOS(=O)(=O)c1ccccc1. The third-order valence-corrected chi connectivity index (χ3v) is 8.79. The molecule has 0 aromatic heterocycles. The fourth-order valence-electron chi connectivity index (χ4n) is 4.77. The van der Waals surface area contributed by atoms with E-state index in [0.29, 0.717) is 65.9 Å². The zero-order valence-electron chi connectivity index (χ0n) is 29.2. The number of rotatable bonds is 36. The molecule has 0 amide bonds. The second-order valence-electron chi connectivity index (χ2n) is 11.6. The average Bonchev–Trinajstić information content (AvgIpc) is 3.08. The van der Waals surface area contributed by atoms with Crippen LogP contribution in [0.1, 0.15) is 110 Å². The minimum atomic E-state index is -3.76. The maximum atomic E-state index is 12.0. The molecule has 10 nitrogen and oxygen atoms in total. The van der Waals surface area contributed by atoms with Crippen molar-refractivity contribution in [1.82, 2.24) is 0 Å². The highest BCUT2D eigenvalue weighted by Gasteiger charge is 2.13. The third-order valence-electron chi connectivity index (χ3n) is 7.46. The molecular formula is C36H64O10S. The van der Waals surface area contributed by atoms with E-state index in [1.54, 1.807) is 18.2 Å². The van der Waals surface area contributed by atoms with Crippen molar-refractivity contribution in [2.75, 3.05) is 79.3 Å². The molecule has 0 bridgehead atoms. The van der Waals surface area contributed by atoms with Gasteiger partial charge in [0.1, 0.15) is 6.61 Å². The molecule has 0 heterocycles. The molecule has 0 atom stereocenters. The summed E-state index contributed by atoms with van der Waals surface area (Å²) in [5.41, 5.74) is 0. The summed E-state index contributed by atoms with van der Waals surface area (Å²) in [6.07, 6.45) is 20.1. The summed E-state index contributed by atoms with van der Waals surface area (Å²) in [5.74, 6) is -0.144. The molecule has 47 heavy (non-hydrogen) atoms. The number of hydrogen-bond donors (Lipinski definition) is 0. The van der Waals surface area contributed by atoms with Crippen molar-refractivity contribution in [2.45, 2.75) is 115 Å². The Morgan fingerprint density at radius 2 is 0.851 bits per heavy atom. The number of hydrogen-bond acceptors (Lipinski definition) is 10. The van der Waals surface area contributed by atoms with E-state index in [4.69, 9.17) is 32.6 Å². The third kappa shape index (κ3) is 29.1. The van der Waals surface area contributed by atoms with Crippen LogP contribution in [-0.2, 0) is 47.5 Å². The van der Waals surface area contributed by atoms with E-state index in [0.717, 1.165) is 12.8 Å². The van der Waals surface area contributed by atoms with Crippen LogP contribution in [0.3, 0.4) is 0 Å². The first-order valence-electron chi connectivity index (χ1n) is 18.0. The van der Waals surface area contributed by atoms with E-state index >= 15 is 0 Å². The van der Waals surface area contributed by atoms with Gasteiger partial charge in [0.25, 0.3) is 10.1 Å². The van der Waals surface area contributed by atoms with Crippen LogP contribution in [0.15, 0.2) is 35.2 Å². The predicted octanol–water partition coefficient (Wildman–Crippen LogP) is 7.28. The summed E-state index contributed by atoms with van der Waals surface area (Å²) in [7, 11) is -3.76. The quantitative estimate of drug-likeness (QED) is 0.0405. The van der Waals surface area contributed by atoms with Gasteiger partial charge in [0.05, 0.1) is 77.6 Å². The highest BCUT2D eigenvalue weighted by molar-refractivity contribution is 7.86. The van der Waals surface area contributed by atoms with E-state index in [9.17, 15) is 13.2 Å². The molecule has 274 valence electrons. The number of carbonyl (C=O) groups excluding carboxylic acids is 1. The van der Waals surface area contributed by atoms with Crippen LogP contribution < -0.4 is 0 Å². The Morgan fingerprint density at radius 3 is 1.28 bits per heavy atom. The first-order chi connectivity index (χ1) is 23.1. The molecule has 0 aliphatic rings. The van der Waals surface area contributed by atoms with Crippen molar-refractivity contribution in [1.29, 1.82) is 0 Å². The van der Waals surface area contributed by atoms with Gasteiger partial charge in [0.15, 0.2) is 0 Å². The minimum absolute atomic E-state index is 0.0571. The summed E-state index contributed by atoms with van der Waals surface area (Å²) in [5, 5.41) is 0. The van der Waals surface area contributed by atoms with Gasteiger partial charge < -0.3 is 28.4 Å². The van der Waals surface area contributed by atoms with Crippen molar-refractivity contribution in [3.63, 3.8) is 0 Å². The molecule has 0 unspecified atom stereocenters. The highest BCUT2D eigenvalue weighted by atomic mass is 32.2. The van der Waals surface area contributed by atoms with Crippen molar-refractivity contribution >= 4 is 16.1 Å². The number of esters is 1. The van der Waals surface area contributed by atoms with Gasteiger partial charge in [-0.15, -0.1) is 0 Å². The van der Waals surface area contributed by atoms with Crippen LogP contribution in [0.4, 0.5) is 0 Å². The standard InChI is InChI=1S/C36H64O10S/c1-2-3-4-5-6-7-8-9-10-11-12-13-14-15-19-22-36(37)45-33-31-43-29-27-41-25-23-40-24-26-42-28-30-44-32-34-46-47(38,39)35-20-17-16-18-21-35/h16-18,20-21H,2-15,19,22-34H2,1H3. The maximum Gasteiger partial charge on any atom is 0.305 e. The fraction of sp³-hybridized carbons (Fsp3) is 0.806. The van der Waals surface area contributed by atoms with Crippen molar-refractivity contribution in [2.24, 2.45) is 0 Å². The van der Waals surface area contributed by atoms with Crippen molar-refractivity contribution in [3.8, 4) is 0 Å². The van der Waals surface area contributed by atoms with E-state index in [1.165, 1.54) is 95.6 Å². The van der Waals surface area contributed by atoms with Gasteiger partial charge >= 0.3 is 5.97 Å². The van der Waals surface area contributed by atoms with Crippen LogP contribution in [0.2, 0.25) is 0 Å². The van der Waals surface area contributed by atoms with Gasteiger partial charge in [0.2, 0.25) is 0 Å². The molecule has 0 fully saturated rings. The number of ether oxygens (including phenoxy) is 6. The Labute approximate surface area is 285 Å². The lowest BCUT2D eigenvalue weighted by molar-refractivity contribution is -0.145. The van der Waals surface area contributed by atoms with Gasteiger partial charge in [-0.2, -0.15) is 8.42 Å². The predicted molar refractivity (Wildman–Crippen MR) is 184 cm³/mol. The van der Waals surface area contributed by atoms with Gasteiger partial charge in [0, 0.05) is 6.42 Å².